The molecule has 3 rings (SSSR count). The standard InChI is InChI=1S/C24H32O3Si/c1-23(2,3)28(20-12-7-5-8-13-20,21-14-9-6-10-15-21)27-19-17-24(4)22(25)16-11-18-26-24/h5-10,12-15H,11,16-19H2,1-4H3/t24-/m0/s1. The minimum absolute atomic E-state index is 0.0615. The number of hydrogen-bond acceptors (Lipinski definition) is 3. The van der Waals surface area contributed by atoms with Crippen LogP contribution < -0.4 is 10.4 Å². The maximum absolute atomic E-state index is 12.4. The summed E-state index contributed by atoms with van der Waals surface area (Å²) < 4.78 is 12.8. The molecule has 0 saturated carbocycles. The summed E-state index contributed by atoms with van der Waals surface area (Å²) in [5.41, 5.74) is -0.719. The zero-order chi connectivity index (χ0) is 20.3. The van der Waals surface area contributed by atoms with Gasteiger partial charge in [-0.05, 0) is 28.8 Å². The zero-order valence-corrected chi connectivity index (χ0v) is 18.5. The smallest absolute Gasteiger partial charge is 0.261 e. The Morgan fingerprint density at radius 3 is 2.00 bits per heavy atom. The first kappa shape index (κ1) is 21.0. The Balaban J connectivity index is 1.96. The van der Waals surface area contributed by atoms with Crippen molar-refractivity contribution in [1.82, 2.24) is 0 Å². The Bertz CT molecular complexity index is 743. The average molecular weight is 397 g/mol. The fraction of sp³-hybridized carbons (Fsp3) is 0.458. The van der Waals surface area contributed by atoms with Crippen LogP contribution >= 0.6 is 0 Å². The Morgan fingerprint density at radius 2 is 1.54 bits per heavy atom. The molecule has 1 saturated heterocycles. The molecular weight excluding hydrogens is 364 g/mol. The second-order valence-electron chi connectivity index (χ2n) is 8.87. The fourth-order valence-electron chi connectivity index (χ4n) is 4.25. The topological polar surface area (TPSA) is 35.5 Å². The lowest BCUT2D eigenvalue weighted by Crippen LogP contribution is -2.66. The average Bonchev–Trinajstić information content (AvgIpc) is 2.68. The van der Waals surface area contributed by atoms with E-state index in [0.29, 0.717) is 26.1 Å². The van der Waals surface area contributed by atoms with Crippen molar-refractivity contribution >= 4 is 24.5 Å². The molecule has 0 bridgehead atoms. The first-order chi connectivity index (χ1) is 13.3. The molecule has 1 aliphatic heterocycles. The van der Waals surface area contributed by atoms with Gasteiger partial charge in [0, 0.05) is 26.1 Å². The van der Waals surface area contributed by atoms with Crippen LogP contribution in [-0.2, 0) is 14.0 Å². The number of benzene rings is 2. The molecule has 28 heavy (non-hydrogen) atoms. The molecule has 0 radical (unpaired) electrons. The van der Waals surface area contributed by atoms with Crippen LogP contribution in [0.3, 0.4) is 0 Å². The molecule has 2 aromatic carbocycles. The summed E-state index contributed by atoms with van der Waals surface area (Å²) in [6.07, 6.45) is 2.02. The first-order valence-corrected chi connectivity index (χ1v) is 12.1. The highest BCUT2D eigenvalue weighted by molar-refractivity contribution is 6.99. The van der Waals surface area contributed by atoms with E-state index in [9.17, 15) is 4.79 Å². The van der Waals surface area contributed by atoms with Crippen LogP contribution in [0.5, 0.6) is 0 Å². The highest BCUT2D eigenvalue weighted by Gasteiger charge is 2.50. The van der Waals surface area contributed by atoms with Gasteiger partial charge < -0.3 is 9.16 Å². The SMILES string of the molecule is CC(C)(C)[Si](OCC[C@]1(C)OCCCC1=O)(c1ccccc1)c1ccccc1. The number of ketones is 1. The zero-order valence-electron chi connectivity index (χ0n) is 17.5. The number of ether oxygens (including phenoxy) is 1. The molecule has 1 atom stereocenters. The van der Waals surface area contributed by atoms with Crippen LogP contribution in [0.4, 0.5) is 0 Å². The van der Waals surface area contributed by atoms with Crippen molar-refractivity contribution in [3.05, 3.63) is 60.7 Å². The normalized spacial score (nSPS) is 20.9. The highest BCUT2D eigenvalue weighted by Crippen LogP contribution is 2.37. The third-order valence-corrected chi connectivity index (χ3v) is 10.9. The lowest BCUT2D eigenvalue weighted by Gasteiger charge is -2.43. The summed E-state index contributed by atoms with van der Waals surface area (Å²) >= 11 is 0. The number of rotatable bonds is 6. The van der Waals surface area contributed by atoms with E-state index in [2.05, 4.69) is 69.3 Å². The van der Waals surface area contributed by atoms with Gasteiger partial charge in [-0.1, -0.05) is 81.4 Å². The summed E-state index contributed by atoms with van der Waals surface area (Å²) in [5.74, 6) is 0.199. The van der Waals surface area contributed by atoms with Gasteiger partial charge in [0.1, 0.15) is 5.60 Å². The van der Waals surface area contributed by atoms with E-state index in [1.807, 2.05) is 19.1 Å². The molecule has 150 valence electrons. The van der Waals surface area contributed by atoms with Crippen LogP contribution in [0.15, 0.2) is 60.7 Å². The van der Waals surface area contributed by atoms with Crippen LogP contribution in [0.1, 0.15) is 47.0 Å². The minimum atomic E-state index is -2.56. The molecule has 2 aromatic rings. The van der Waals surface area contributed by atoms with Crippen LogP contribution in [0.25, 0.3) is 0 Å². The van der Waals surface area contributed by atoms with Crippen molar-refractivity contribution in [2.75, 3.05) is 13.2 Å². The quantitative estimate of drug-likeness (QED) is 0.690. The first-order valence-electron chi connectivity index (χ1n) is 10.2. The van der Waals surface area contributed by atoms with Gasteiger partial charge in [0.15, 0.2) is 5.78 Å². The van der Waals surface area contributed by atoms with Crippen molar-refractivity contribution in [1.29, 1.82) is 0 Å². The van der Waals surface area contributed by atoms with Crippen molar-refractivity contribution < 1.29 is 14.0 Å². The summed E-state index contributed by atoms with van der Waals surface area (Å²) in [7, 11) is -2.56. The van der Waals surface area contributed by atoms with Crippen LogP contribution in [0, 0.1) is 0 Å². The highest BCUT2D eigenvalue weighted by atomic mass is 28.4. The third kappa shape index (κ3) is 4.00. The Kier molecular flexibility index (Phi) is 6.23. The molecule has 1 fully saturated rings. The summed E-state index contributed by atoms with van der Waals surface area (Å²) in [6, 6.07) is 21.2. The Morgan fingerprint density at radius 1 is 1.00 bits per heavy atom. The van der Waals surface area contributed by atoms with Crippen LogP contribution in [-0.4, -0.2) is 32.9 Å². The van der Waals surface area contributed by atoms with Gasteiger partial charge in [-0.2, -0.15) is 0 Å². The monoisotopic (exact) mass is 396 g/mol. The maximum Gasteiger partial charge on any atom is 0.261 e. The summed E-state index contributed by atoms with van der Waals surface area (Å²) in [4.78, 5) is 12.4. The maximum atomic E-state index is 12.4. The van der Waals surface area contributed by atoms with Crippen LogP contribution in [0.2, 0.25) is 5.04 Å². The van der Waals surface area contributed by atoms with Crippen molar-refractivity contribution in [3.63, 3.8) is 0 Å². The van der Waals surface area contributed by atoms with E-state index in [4.69, 9.17) is 9.16 Å². The summed E-state index contributed by atoms with van der Waals surface area (Å²) in [5, 5.41) is 2.46. The molecular formula is C24H32O3Si. The molecule has 0 aromatic heterocycles. The molecule has 1 aliphatic rings. The second kappa shape index (κ2) is 8.32. The summed E-state index contributed by atoms with van der Waals surface area (Å²) in [6.45, 7) is 9.88. The molecule has 1 heterocycles. The Hall–Kier alpha value is -1.75. The predicted molar refractivity (Wildman–Crippen MR) is 117 cm³/mol. The van der Waals surface area contributed by atoms with Gasteiger partial charge >= 0.3 is 0 Å². The third-order valence-electron chi connectivity index (χ3n) is 5.87. The minimum Gasteiger partial charge on any atom is -0.407 e. The predicted octanol–water partition coefficient (Wildman–Crippen LogP) is 4.09. The molecule has 0 amide bonds. The second-order valence-corrected chi connectivity index (χ2v) is 13.2. The van der Waals surface area contributed by atoms with E-state index in [-0.39, 0.29) is 10.8 Å². The van der Waals surface area contributed by atoms with E-state index in [0.717, 1.165) is 6.42 Å². The number of carbonyl (C=O) groups excluding carboxylic acids is 1. The largest absolute Gasteiger partial charge is 0.407 e. The van der Waals surface area contributed by atoms with E-state index >= 15 is 0 Å². The van der Waals surface area contributed by atoms with Gasteiger partial charge in [-0.15, -0.1) is 0 Å². The van der Waals surface area contributed by atoms with Gasteiger partial charge in [0.25, 0.3) is 8.32 Å². The molecule has 4 heteroatoms. The molecule has 0 spiro atoms. The molecule has 0 aliphatic carbocycles. The van der Waals surface area contributed by atoms with Crippen molar-refractivity contribution in [2.45, 2.75) is 57.6 Å². The fourth-order valence-corrected chi connectivity index (χ4v) is 8.81. The van der Waals surface area contributed by atoms with Crippen molar-refractivity contribution in [2.24, 2.45) is 0 Å². The Labute approximate surface area is 170 Å². The molecule has 0 unspecified atom stereocenters. The lowest BCUT2D eigenvalue weighted by atomic mass is 9.91. The van der Waals surface area contributed by atoms with Gasteiger partial charge in [-0.25, -0.2) is 0 Å². The van der Waals surface area contributed by atoms with Gasteiger partial charge in [0.2, 0.25) is 0 Å². The van der Waals surface area contributed by atoms with E-state index in [1.54, 1.807) is 0 Å². The van der Waals surface area contributed by atoms with E-state index < -0.39 is 13.9 Å². The van der Waals surface area contributed by atoms with Gasteiger partial charge in [-0.3, -0.25) is 4.79 Å². The number of hydrogen-bond donors (Lipinski definition) is 0. The van der Waals surface area contributed by atoms with Crippen molar-refractivity contribution in [3.8, 4) is 0 Å². The molecule has 0 N–H and O–H groups in total. The van der Waals surface area contributed by atoms with Gasteiger partial charge in [0.05, 0.1) is 0 Å². The van der Waals surface area contributed by atoms with E-state index in [1.165, 1.54) is 10.4 Å². The number of carbonyl (C=O) groups is 1. The number of Topliss-reactive ketones (excluding diaryl/α,β-unsaturated/α-hetero) is 1. The molecule has 3 nitrogen and oxygen atoms in total. The lowest BCUT2D eigenvalue weighted by molar-refractivity contribution is -0.151.